The van der Waals surface area contributed by atoms with Gasteiger partial charge in [-0.2, -0.15) is 18.4 Å². The minimum atomic E-state index is -4.82. The molecule has 0 unspecified atom stereocenters. The molecule has 0 aliphatic heterocycles. The fourth-order valence-electron chi connectivity index (χ4n) is 3.74. The van der Waals surface area contributed by atoms with Gasteiger partial charge in [-0.15, -0.1) is 0 Å². The molecule has 2 aromatic carbocycles. The second-order valence-corrected chi connectivity index (χ2v) is 12.3. The highest BCUT2D eigenvalue weighted by Gasteiger charge is 2.48. The van der Waals surface area contributed by atoms with Crippen molar-refractivity contribution in [1.82, 2.24) is 10.6 Å². The molecule has 3 rings (SSSR count). The van der Waals surface area contributed by atoms with Gasteiger partial charge in [0.15, 0.2) is 9.84 Å². The van der Waals surface area contributed by atoms with E-state index in [4.69, 9.17) is 4.74 Å². The van der Waals surface area contributed by atoms with Crippen molar-refractivity contribution in [2.75, 3.05) is 5.75 Å². The Balaban J connectivity index is 1.90. The molecule has 0 radical (unpaired) electrons. The molecule has 1 aliphatic rings. The van der Waals surface area contributed by atoms with E-state index in [-0.39, 0.29) is 5.56 Å². The Morgan fingerprint density at radius 3 is 2.22 bits per heavy atom. The number of nitrogens with zero attached hydrogens (tertiary/aromatic N) is 1. The summed E-state index contributed by atoms with van der Waals surface area (Å²) in [6.45, 7) is 5.39. The van der Waals surface area contributed by atoms with E-state index >= 15 is 0 Å². The molecule has 11 heteroatoms. The molecule has 1 amide bonds. The van der Waals surface area contributed by atoms with Crippen molar-refractivity contribution in [3.8, 4) is 11.8 Å². The normalized spacial score (nSPS) is 16.8. The zero-order valence-electron chi connectivity index (χ0n) is 20.8. The number of nitrogens with one attached hydrogen (secondary N) is 2. The lowest BCUT2D eigenvalue weighted by Crippen LogP contribution is -2.54. The van der Waals surface area contributed by atoms with Crippen LogP contribution in [0.3, 0.4) is 0 Å². The first-order chi connectivity index (χ1) is 17.1. The third-order valence-electron chi connectivity index (χ3n) is 5.66. The molecular formula is C26H30F3N3O4S. The topological polar surface area (TPSA) is 108 Å². The molecular weight excluding hydrogens is 507 g/mol. The van der Waals surface area contributed by atoms with E-state index in [2.05, 4.69) is 10.6 Å². The van der Waals surface area contributed by atoms with E-state index in [0.29, 0.717) is 24.2 Å². The van der Waals surface area contributed by atoms with Crippen LogP contribution in [0.4, 0.5) is 13.2 Å². The molecule has 1 fully saturated rings. The lowest BCUT2D eigenvalue weighted by molar-refractivity contribution is -0.160. The van der Waals surface area contributed by atoms with Gasteiger partial charge in [-0.1, -0.05) is 48.5 Å². The SMILES string of the molecule is CC(C)(C)Oc1ccccc1CS(=O)(=O)C[C@H](N[C@@H](c1ccccc1)C(F)(F)F)C(=O)NC1(C#N)CC1. The van der Waals surface area contributed by atoms with Crippen molar-refractivity contribution < 1.29 is 31.1 Å². The summed E-state index contributed by atoms with van der Waals surface area (Å²) in [5.74, 6) is -2.11. The maximum atomic E-state index is 14.0. The van der Waals surface area contributed by atoms with Gasteiger partial charge in [0, 0.05) is 5.56 Å². The summed E-state index contributed by atoms with van der Waals surface area (Å²) in [7, 11) is -4.13. The van der Waals surface area contributed by atoms with Gasteiger partial charge in [0.25, 0.3) is 0 Å². The highest BCUT2D eigenvalue weighted by atomic mass is 32.2. The number of para-hydroxylation sites is 1. The van der Waals surface area contributed by atoms with Gasteiger partial charge in [0.2, 0.25) is 5.91 Å². The smallest absolute Gasteiger partial charge is 0.407 e. The Labute approximate surface area is 214 Å². The zero-order valence-corrected chi connectivity index (χ0v) is 21.6. The van der Waals surface area contributed by atoms with Crippen molar-refractivity contribution in [2.45, 2.75) is 68.8 Å². The lowest BCUT2D eigenvalue weighted by Gasteiger charge is -2.28. The number of amides is 1. The highest BCUT2D eigenvalue weighted by Crippen LogP contribution is 2.36. The van der Waals surface area contributed by atoms with Crippen LogP contribution in [0.5, 0.6) is 5.75 Å². The molecule has 0 heterocycles. The van der Waals surface area contributed by atoms with Crippen LogP contribution < -0.4 is 15.4 Å². The molecule has 2 aromatic rings. The van der Waals surface area contributed by atoms with Crippen LogP contribution >= 0.6 is 0 Å². The minimum absolute atomic E-state index is 0.171. The van der Waals surface area contributed by atoms with Gasteiger partial charge in [-0.05, 0) is 45.2 Å². The number of nitriles is 1. The lowest BCUT2D eigenvalue weighted by atomic mass is 10.1. The standard InChI is InChI=1S/C26H30F3N3O4S/c1-24(2,3)36-21-12-8-7-11-19(21)15-37(34,35)16-20(23(33)32-25(17-30)13-14-25)31-22(26(27,28)29)18-9-5-4-6-10-18/h4-12,20,22,31H,13-16H2,1-3H3,(H,32,33)/t20-,22-/m0/s1. The number of carbonyl (C=O) groups is 1. The van der Waals surface area contributed by atoms with Crippen LogP contribution in [0.1, 0.15) is 50.8 Å². The summed E-state index contributed by atoms with van der Waals surface area (Å²) in [5.41, 5.74) is -1.65. The molecule has 1 aliphatic carbocycles. The maximum Gasteiger partial charge on any atom is 0.407 e. The Hall–Kier alpha value is -3.10. The van der Waals surface area contributed by atoms with Gasteiger partial charge < -0.3 is 10.1 Å². The first-order valence-electron chi connectivity index (χ1n) is 11.7. The van der Waals surface area contributed by atoms with Crippen LogP contribution in [-0.4, -0.2) is 43.4 Å². The highest BCUT2D eigenvalue weighted by molar-refractivity contribution is 7.90. The van der Waals surface area contributed by atoms with E-state index in [1.54, 1.807) is 51.1 Å². The fraction of sp³-hybridized carbons (Fsp3) is 0.462. The van der Waals surface area contributed by atoms with Gasteiger partial charge in [-0.3, -0.25) is 10.1 Å². The number of rotatable bonds is 10. The van der Waals surface area contributed by atoms with E-state index in [0.717, 1.165) is 0 Å². The number of sulfone groups is 1. The second-order valence-electron chi connectivity index (χ2n) is 10.2. The summed E-state index contributed by atoms with van der Waals surface area (Å²) in [6.07, 6.45) is -4.13. The number of halogens is 3. The average Bonchev–Trinajstić information content (AvgIpc) is 3.56. The molecule has 0 saturated heterocycles. The van der Waals surface area contributed by atoms with E-state index in [1.165, 1.54) is 24.3 Å². The number of hydrogen-bond donors (Lipinski definition) is 2. The van der Waals surface area contributed by atoms with Crippen molar-refractivity contribution in [3.63, 3.8) is 0 Å². The number of carbonyl (C=O) groups excluding carboxylic acids is 1. The van der Waals surface area contributed by atoms with Crippen LogP contribution in [0, 0.1) is 11.3 Å². The summed E-state index contributed by atoms with van der Waals surface area (Å²) in [5, 5.41) is 14.0. The quantitative estimate of drug-likeness (QED) is 0.470. The van der Waals surface area contributed by atoms with E-state index in [1.807, 2.05) is 6.07 Å². The summed E-state index contributed by atoms with van der Waals surface area (Å²) in [4.78, 5) is 13.1. The predicted molar refractivity (Wildman–Crippen MR) is 132 cm³/mol. The van der Waals surface area contributed by atoms with Gasteiger partial charge in [-0.25, -0.2) is 8.42 Å². The number of benzene rings is 2. The van der Waals surface area contributed by atoms with Crippen LogP contribution in [0.25, 0.3) is 0 Å². The summed E-state index contributed by atoms with van der Waals surface area (Å²) >= 11 is 0. The molecule has 2 atom stereocenters. The largest absolute Gasteiger partial charge is 0.488 e. The van der Waals surface area contributed by atoms with E-state index < -0.39 is 56.7 Å². The van der Waals surface area contributed by atoms with Crippen molar-refractivity contribution in [1.29, 1.82) is 5.26 Å². The second kappa shape index (κ2) is 10.7. The Morgan fingerprint density at radius 2 is 1.68 bits per heavy atom. The van der Waals surface area contributed by atoms with Gasteiger partial charge >= 0.3 is 6.18 Å². The molecule has 0 bridgehead atoms. The molecule has 1 saturated carbocycles. The van der Waals surface area contributed by atoms with Gasteiger partial charge in [0.1, 0.15) is 29.0 Å². The first kappa shape index (κ1) is 28.5. The fourth-order valence-corrected chi connectivity index (χ4v) is 5.33. The third kappa shape index (κ3) is 8.20. The third-order valence-corrected chi connectivity index (χ3v) is 7.25. The van der Waals surface area contributed by atoms with Crippen LogP contribution in [-0.2, 0) is 20.4 Å². The predicted octanol–water partition coefficient (Wildman–Crippen LogP) is 4.21. The van der Waals surface area contributed by atoms with Crippen molar-refractivity contribution in [2.24, 2.45) is 0 Å². The minimum Gasteiger partial charge on any atom is -0.488 e. The Kier molecular flexibility index (Phi) is 8.24. The van der Waals surface area contributed by atoms with E-state index in [9.17, 15) is 31.6 Å². The number of hydrogen-bond acceptors (Lipinski definition) is 6. The van der Waals surface area contributed by atoms with Crippen molar-refractivity contribution >= 4 is 15.7 Å². The van der Waals surface area contributed by atoms with Crippen LogP contribution in [0.2, 0.25) is 0 Å². The molecule has 2 N–H and O–H groups in total. The molecule has 0 spiro atoms. The monoisotopic (exact) mass is 537 g/mol. The summed E-state index contributed by atoms with van der Waals surface area (Å²) < 4.78 is 74.4. The molecule has 0 aromatic heterocycles. The maximum absolute atomic E-state index is 14.0. The Morgan fingerprint density at radius 1 is 1.08 bits per heavy atom. The molecule has 7 nitrogen and oxygen atoms in total. The first-order valence-corrected chi connectivity index (χ1v) is 13.5. The van der Waals surface area contributed by atoms with Crippen LogP contribution in [0.15, 0.2) is 54.6 Å². The number of ether oxygens (including phenoxy) is 1. The van der Waals surface area contributed by atoms with Gasteiger partial charge in [0.05, 0.1) is 17.6 Å². The zero-order chi connectivity index (χ0) is 27.5. The Bertz CT molecular complexity index is 1250. The summed E-state index contributed by atoms with van der Waals surface area (Å²) in [6, 6.07) is 11.2. The molecule has 37 heavy (non-hydrogen) atoms. The molecule has 200 valence electrons. The number of alkyl halides is 3. The average molecular weight is 538 g/mol. The van der Waals surface area contributed by atoms with Crippen molar-refractivity contribution in [3.05, 3.63) is 65.7 Å².